The minimum absolute atomic E-state index is 0.518. The zero-order chi connectivity index (χ0) is 13.8. The zero-order valence-electron chi connectivity index (χ0n) is 11.0. The predicted molar refractivity (Wildman–Crippen MR) is 81.1 cm³/mol. The quantitative estimate of drug-likeness (QED) is 0.936. The maximum absolute atomic E-state index is 9.78. The summed E-state index contributed by atoms with van der Waals surface area (Å²) in [7, 11) is 1.98. The molecule has 0 spiro atoms. The monoisotopic (exact) mass is 320 g/mol. The molecule has 0 aliphatic rings. The number of nitrogens with zero attached hydrogens (tertiary/aromatic N) is 2. The fourth-order valence-corrected chi connectivity index (χ4v) is 2.26. The molecule has 0 radical (unpaired) electrons. The van der Waals surface area contributed by atoms with Crippen molar-refractivity contribution in [3.8, 4) is 0 Å². The van der Waals surface area contributed by atoms with Crippen LogP contribution in [0.5, 0.6) is 0 Å². The van der Waals surface area contributed by atoms with Gasteiger partial charge in [0.1, 0.15) is 5.82 Å². The molecule has 0 bridgehead atoms. The largest absolute Gasteiger partial charge is 0.389 e. The van der Waals surface area contributed by atoms with E-state index in [2.05, 4.69) is 33.0 Å². The Balaban J connectivity index is 2.20. The second kappa shape index (κ2) is 6.17. The van der Waals surface area contributed by atoms with Gasteiger partial charge in [0.15, 0.2) is 0 Å². The first-order valence-corrected chi connectivity index (χ1v) is 6.96. The topological polar surface area (TPSA) is 36.4 Å². The smallest absolute Gasteiger partial charge is 0.134 e. The third kappa shape index (κ3) is 3.55. The summed E-state index contributed by atoms with van der Waals surface area (Å²) in [6.07, 6.45) is 1.23. The SMILES string of the molecule is C[C@@H](O)c1cccnc1N(C)Cc1ccc(Br)cc1. The number of anilines is 1. The van der Waals surface area contributed by atoms with E-state index < -0.39 is 6.10 Å². The average Bonchev–Trinajstić information content (AvgIpc) is 2.41. The summed E-state index contributed by atoms with van der Waals surface area (Å²) >= 11 is 3.43. The van der Waals surface area contributed by atoms with Crippen LogP contribution in [-0.2, 0) is 6.54 Å². The van der Waals surface area contributed by atoms with Crippen LogP contribution in [-0.4, -0.2) is 17.1 Å². The summed E-state index contributed by atoms with van der Waals surface area (Å²) in [6.45, 7) is 2.51. The van der Waals surface area contributed by atoms with Crippen molar-refractivity contribution in [3.05, 3.63) is 58.2 Å². The minimum Gasteiger partial charge on any atom is -0.389 e. The molecule has 0 aliphatic heterocycles. The summed E-state index contributed by atoms with van der Waals surface area (Å²) in [4.78, 5) is 6.42. The highest BCUT2D eigenvalue weighted by molar-refractivity contribution is 9.10. The Kier molecular flexibility index (Phi) is 4.56. The van der Waals surface area contributed by atoms with Gasteiger partial charge in [-0.05, 0) is 30.7 Å². The molecule has 0 saturated carbocycles. The van der Waals surface area contributed by atoms with E-state index >= 15 is 0 Å². The van der Waals surface area contributed by atoms with Crippen LogP contribution in [0.2, 0.25) is 0 Å². The second-order valence-electron chi connectivity index (χ2n) is 4.57. The van der Waals surface area contributed by atoms with Crippen LogP contribution in [0.4, 0.5) is 5.82 Å². The number of hydrogen-bond acceptors (Lipinski definition) is 3. The summed E-state index contributed by atoms with van der Waals surface area (Å²) < 4.78 is 1.07. The highest BCUT2D eigenvalue weighted by atomic mass is 79.9. The van der Waals surface area contributed by atoms with Gasteiger partial charge >= 0.3 is 0 Å². The van der Waals surface area contributed by atoms with Crippen molar-refractivity contribution in [1.29, 1.82) is 0 Å². The van der Waals surface area contributed by atoms with E-state index in [1.54, 1.807) is 13.1 Å². The first kappa shape index (κ1) is 14.0. The summed E-state index contributed by atoms with van der Waals surface area (Å²) in [5, 5.41) is 9.78. The molecule has 1 atom stereocenters. The van der Waals surface area contributed by atoms with Gasteiger partial charge < -0.3 is 10.0 Å². The van der Waals surface area contributed by atoms with E-state index in [1.165, 1.54) is 5.56 Å². The average molecular weight is 321 g/mol. The lowest BCUT2D eigenvalue weighted by Crippen LogP contribution is -2.19. The molecule has 2 aromatic rings. The zero-order valence-corrected chi connectivity index (χ0v) is 12.6. The molecule has 0 fully saturated rings. The fraction of sp³-hybridized carbons (Fsp3) is 0.267. The molecule has 2 rings (SSSR count). The molecule has 1 heterocycles. The Morgan fingerprint density at radius 1 is 1.26 bits per heavy atom. The molecule has 0 aliphatic carbocycles. The van der Waals surface area contributed by atoms with Crippen LogP contribution in [0, 0.1) is 0 Å². The highest BCUT2D eigenvalue weighted by Gasteiger charge is 2.12. The van der Waals surface area contributed by atoms with E-state index in [-0.39, 0.29) is 0 Å². The minimum atomic E-state index is -0.518. The number of aliphatic hydroxyl groups excluding tert-OH is 1. The Morgan fingerprint density at radius 3 is 2.58 bits per heavy atom. The maximum Gasteiger partial charge on any atom is 0.134 e. The number of aliphatic hydroxyl groups is 1. The van der Waals surface area contributed by atoms with E-state index in [0.717, 1.165) is 22.4 Å². The number of benzene rings is 1. The third-order valence-corrected chi connectivity index (χ3v) is 3.49. The van der Waals surface area contributed by atoms with Crippen LogP contribution >= 0.6 is 15.9 Å². The second-order valence-corrected chi connectivity index (χ2v) is 5.49. The van der Waals surface area contributed by atoms with Crippen molar-refractivity contribution in [2.24, 2.45) is 0 Å². The molecular weight excluding hydrogens is 304 g/mol. The molecule has 1 aromatic heterocycles. The lowest BCUT2D eigenvalue weighted by atomic mass is 10.1. The van der Waals surface area contributed by atoms with Gasteiger partial charge in [0.2, 0.25) is 0 Å². The van der Waals surface area contributed by atoms with Crippen LogP contribution in [0.15, 0.2) is 47.1 Å². The Bertz CT molecular complexity index is 540. The van der Waals surface area contributed by atoms with Crippen LogP contribution in [0.3, 0.4) is 0 Å². The number of hydrogen-bond donors (Lipinski definition) is 1. The highest BCUT2D eigenvalue weighted by Crippen LogP contribution is 2.24. The number of halogens is 1. The van der Waals surface area contributed by atoms with Gasteiger partial charge in [0.25, 0.3) is 0 Å². The lowest BCUT2D eigenvalue weighted by molar-refractivity contribution is 0.199. The lowest BCUT2D eigenvalue weighted by Gasteiger charge is -2.22. The van der Waals surface area contributed by atoms with Gasteiger partial charge in [-0.3, -0.25) is 0 Å². The van der Waals surface area contributed by atoms with E-state index in [9.17, 15) is 5.11 Å². The summed E-state index contributed by atoms with van der Waals surface area (Å²) in [6, 6.07) is 12.0. The molecule has 3 nitrogen and oxygen atoms in total. The van der Waals surface area contributed by atoms with Crippen LogP contribution in [0.1, 0.15) is 24.2 Å². The van der Waals surface area contributed by atoms with Crippen molar-refractivity contribution >= 4 is 21.7 Å². The molecule has 100 valence electrons. The van der Waals surface area contributed by atoms with Gasteiger partial charge in [-0.1, -0.05) is 34.1 Å². The molecule has 4 heteroatoms. The Morgan fingerprint density at radius 2 is 1.95 bits per heavy atom. The van der Waals surface area contributed by atoms with E-state index in [4.69, 9.17) is 0 Å². The van der Waals surface area contributed by atoms with Gasteiger partial charge in [0, 0.05) is 29.8 Å². The number of pyridine rings is 1. The Hall–Kier alpha value is -1.39. The van der Waals surface area contributed by atoms with Gasteiger partial charge in [-0.2, -0.15) is 0 Å². The standard InChI is InChI=1S/C15H17BrN2O/c1-11(19)14-4-3-9-17-15(14)18(2)10-12-5-7-13(16)8-6-12/h3-9,11,19H,10H2,1-2H3/t11-/m1/s1. The molecule has 19 heavy (non-hydrogen) atoms. The van der Waals surface area contributed by atoms with Gasteiger partial charge in [-0.15, -0.1) is 0 Å². The maximum atomic E-state index is 9.78. The number of aromatic nitrogens is 1. The van der Waals surface area contributed by atoms with Crippen molar-refractivity contribution < 1.29 is 5.11 Å². The van der Waals surface area contributed by atoms with Crippen molar-refractivity contribution in [1.82, 2.24) is 4.98 Å². The van der Waals surface area contributed by atoms with E-state index in [0.29, 0.717) is 0 Å². The summed E-state index contributed by atoms with van der Waals surface area (Å²) in [5.74, 6) is 0.820. The third-order valence-electron chi connectivity index (χ3n) is 2.96. The van der Waals surface area contributed by atoms with Crippen molar-refractivity contribution in [2.75, 3.05) is 11.9 Å². The van der Waals surface area contributed by atoms with Crippen LogP contribution < -0.4 is 4.90 Å². The fourth-order valence-electron chi connectivity index (χ4n) is 1.99. The van der Waals surface area contributed by atoms with Gasteiger partial charge in [0.05, 0.1) is 6.10 Å². The molecular formula is C15H17BrN2O. The van der Waals surface area contributed by atoms with E-state index in [1.807, 2.05) is 36.2 Å². The number of rotatable bonds is 4. The van der Waals surface area contributed by atoms with Gasteiger partial charge in [-0.25, -0.2) is 4.98 Å². The molecule has 0 unspecified atom stereocenters. The first-order valence-electron chi connectivity index (χ1n) is 6.16. The molecule has 0 amide bonds. The molecule has 1 aromatic carbocycles. The molecule has 1 N–H and O–H groups in total. The Labute approximate surface area is 122 Å². The normalized spacial score (nSPS) is 12.2. The first-order chi connectivity index (χ1) is 9.08. The summed E-state index contributed by atoms with van der Waals surface area (Å²) in [5.41, 5.74) is 2.05. The van der Waals surface area contributed by atoms with Crippen molar-refractivity contribution in [2.45, 2.75) is 19.6 Å². The predicted octanol–water partition coefficient (Wildman–Crippen LogP) is 3.53. The molecule has 0 saturated heterocycles. The van der Waals surface area contributed by atoms with Crippen LogP contribution in [0.25, 0.3) is 0 Å². The van der Waals surface area contributed by atoms with Crippen molar-refractivity contribution in [3.63, 3.8) is 0 Å².